The van der Waals surface area contributed by atoms with Gasteiger partial charge in [0.2, 0.25) is 5.82 Å². The molecule has 0 bridgehead atoms. The maximum Gasteiger partial charge on any atom is 0.253 e. The molecule has 2 heterocycles. The number of hydrogen-bond donors (Lipinski definition) is 2. The van der Waals surface area contributed by atoms with Crippen molar-refractivity contribution in [2.45, 2.75) is 13.1 Å². The first-order valence-corrected chi connectivity index (χ1v) is 11.9. The molecular weight excluding hydrogens is 462 g/mol. The normalized spacial score (nSPS) is 11.0. The number of carbonyl (C=O) groups excluding carboxylic acids is 1. The van der Waals surface area contributed by atoms with Crippen molar-refractivity contribution in [2.24, 2.45) is 0 Å². The van der Waals surface area contributed by atoms with E-state index in [1.807, 2.05) is 77.4 Å². The molecule has 0 radical (unpaired) electrons. The molecule has 8 heteroatoms. The number of para-hydroxylation sites is 1. The summed E-state index contributed by atoms with van der Waals surface area (Å²) in [6.07, 6.45) is 1.79. The summed E-state index contributed by atoms with van der Waals surface area (Å²) in [7, 11) is 0. The molecule has 0 spiro atoms. The number of imidazole rings is 1. The van der Waals surface area contributed by atoms with E-state index in [-0.39, 0.29) is 5.91 Å². The molecule has 0 fully saturated rings. The first-order chi connectivity index (χ1) is 18.3. The standard InChI is InChI=1S/C29H23N7O/c37-29(30-17-20-7-2-1-3-8-20)25-11-6-12-26-27(25)36(19-31-26)18-21-13-15-22(16-14-21)23-9-4-5-10-24(23)28-32-34-35-33-28/h1-16,19H,17-18H2,(H,30,37)(H,32,33,34,35). The molecule has 0 saturated carbocycles. The zero-order valence-electron chi connectivity index (χ0n) is 19.9. The number of nitrogens with one attached hydrogen (secondary N) is 2. The smallest absolute Gasteiger partial charge is 0.253 e. The topological polar surface area (TPSA) is 101 Å². The molecule has 0 aliphatic heterocycles. The van der Waals surface area contributed by atoms with Gasteiger partial charge in [0, 0.05) is 18.7 Å². The molecular formula is C29H23N7O. The number of rotatable bonds is 7. The Kier molecular flexibility index (Phi) is 5.96. The van der Waals surface area contributed by atoms with E-state index in [1.54, 1.807) is 6.33 Å². The second-order valence-electron chi connectivity index (χ2n) is 8.69. The number of benzene rings is 4. The van der Waals surface area contributed by atoms with Gasteiger partial charge < -0.3 is 9.88 Å². The minimum atomic E-state index is -0.121. The molecule has 0 saturated heterocycles. The molecule has 2 N–H and O–H groups in total. The highest BCUT2D eigenvalue weighted by Gasteiger charge is 2.15. The predicted molar refractivity (Wildman–Crippen MR) is 141 cm³/mol. The van der Waals surface area contributed by atoms with Crippen molar-refractivity contribution in [1.29, 1.82) is 0 Å². The van der Waals surface area contributed by atoms with Gasteiger partial charge in [0.25, 0.3) is 5.91 Å². The van der Waals surface area contributed by atoms with Gasteiger partial charge in [-0.05, 0) is 39.6 Å². The number of fused-ring (bicyclic) bond motifs is 1. The van der Waals surface area contributed by atoms with Gasteiger partial charge in [0.05, 0.1) is 22.9 Å². The molecule has 6 rings (SSSR count). The fourth-order valence-electron chi connectivity index (χ4n) is 4.50. The van der Waals surface area contributed by atoms with E-state index in [0.29, 0.717) is 24.5 Å². The Morgan fingerprint density at radius 2 is 1.59 bits per heavy atom. The van der Waals surface area contributed by atoms with Crippen LogP contribution < -0.4 is 5.32 Å². The van der Waals surface area contributed by atoms with Crippen LogP contribution in [0.15, 0.2) is 103 Å². The zero-order valence-corrected chi connectivity index (χ0v) is 19.9. The summed E-state index contributed by atoms with van der Waals surface area (Å²) in [6, 6.07) is 31.9. The lowest BCUT2D eigenvalue weighted by atomic mass is 9.98. The molecule has 180 valence electrons. The number of tetrazole rings is 1. The second-order valence-corrected chi connectivity index (χ2v) is 8.69. The predicted octanol–water partition coefficient (Wildman–Crippen LogP) is 4.86. The third-order valence-electron chi connectivity index (χ3n) is 6.31. The van der Waals surface area contributed by atoms with E-state index in [4.69, 9.17) is 0 Å². The summed E-state index contributed by atoms with van der Waals surface area (Å²) in [5, 5.41) is 17.5. The van der Waals surface area contributed by atoms with Gasteiger partial charge in [0.1, 0.15) is 0 Å². The van der Waals surface area contributed by atoms with Crippen molar-refractivity contribution in [3.05, 3.63) is 120 Å². The van der Waals surface area contributed by atoms with Crippen molar-refractivity contribution in [3.8, 4) is 22.5 Å². The number of nitrogens with zero attached hydrogens (tertiary/aromatic N) is 5. The minimum Gasteiger partial charge on any atom is -0.348 e. The number of hydrogen-bond acceptors (Lipinski definition) is 5. The third-order valence-corrected chi connectivity index (χ3v) is 6.31. The average Bonchev–Trinajstić information content (AvgIpc) is 3.64. The van der Waals surface area contributed by atoms with E-state index in [2.05, 4.69) is 55.2 Å². The van der Waals surface area contributed by atoms with Crippen LogP contribution in [-0.2, 0) is 13.1 Å². The molecule has 4 aromatic carbocycles. The Morgan fingerprint density at radius 1 is 0.811 bits per heavy atom. The molecule has 0 aliphatic rings. The van der Waals surface area contributed by atoms with Gasteiger partial charge in [-0.15, -0.1) is 10.2 Å². The number of H-pyrrole nitrogens is 1. The van der Waals surface area contributed by atoms with E-state index < -0.39 is 0 Å². The van der Waals surface area contributed by atoms with Crippen LogP contribution >= 0.6 is 0 Å². The largest absolute Gasteiger partial charge is 0.348 e. The molecule has 0 atom stereocenters. The number of aromatic nitrogens is 6. The Labute approximate surface area is 213 Å². The van der Waals surface area contributed by atoms with E-state index in [1.165, 1.54) is 0 Å². The summed E-state index contributed by atoms with van der Waals surface area (Å²) in [4.78, 5) is 17.6. The van der Waals surface area contributed by atoms with Crippen LogP contribution in [0.25, 0.3) is 33.5 Å². The van der Waals surface area contributed by atoms with Crippen molar-refractivity contribution in [3.63, 3.8) is 0 Å². The van der Waals surface area contributed by atoms with Gasteiger partial charge in [-0.1, -0.05) is 84.9 Å². The molecule has 8 nitrogen and oxygen atoms in total. The third kappa shape index (κ3) is 4.60. The Morgan fingerprint density at radius 3 is 2.38 bits per heavy atom. The monoisotopic (exact) mass is 485 g/mol. The molecule has 0 aliphatic carbocycles. The molecule has 37 heavy (non-hydrogen) atoms. The van der Waals surface area contributed by atoms with Gasteiger partial charge in [-0.3, -0.25) is 4.79 Å². The highest BCUT2D eigenvalue weighted by Crippen LogP contribution is 2.30. The van der Waals surface area contributed by atoms with Crippen LogP contribution in [0.5, 0.6) is 0 Å². The van der Waals surface area contributed by atoms with Crippen LogP contribution in [0.3, 0.4) is 0 Å². The quantitative estimate of drug-likeness (QED) is 0.336. The van der Waals surface area contributed by atoms with E-state index >= 15 is 0 Å². The van der Waals surface area contributed by atoms with E-state index in [0.717, 1.165) is 38.9 Å². The molecule has 6 aromatic rings. The summed E-state index contributed by atoms with van der Waals surface area (Å²) in [6.45, 7) is 1.06. The van der Waals surface area contributed by atoms with Crippen LogP contribution in [-0.4, -0.2) is 36.1 Å². The Balaban J connectivity index is 1.25. The van der Waals surface area contributed by atoms with Crippen molar-refractivity contribution >= 4 is 16.9 Å². The average molecular weight is 486 g/mol. The molecule has 0 unspecified atom stereocenters. The van der Waals surface area contributed by atoms with Crippen molar-refractivity contribution < 1.29 is 4.79 Å². The number of amides is 1. The molecule has 2 aromatic heterocycles. The van der Waals surface area contributed by atoms with Crippen LogP contribution in [0, 0.1) is 0 Å². The lowest BCUT2D eigenvalue weighted by Gasteiger charge is -2.11. The first-order valence-electron chi connectivity index (χ1n) is 11.9. The Hall–Kier alpha value is -5.11. The summed E-state index contributed by atoms with van der Waals surface area (Å²) in [5.74, 6) is 0.437. The minimum absolute atomic E-state index is 0.121. The Bertz CT molecular complexity index is 1660. The lowest BCUT2D eigenvalue weighted by Crippen LogP contribution is -2.23. The van der Waals surface area contributed by atoms with Crippen LogP contribution in [0.2, 0.25) is 0 Å². The van der Waals surface area contributed by atoms with E-state index in [9.17, 15) is 4.79 Å². The first kappa shape index (κ1) is 22.4. The van der Waals surface area contributed by atoms with Gasteiger partial charge >= 0.3 is 0 Å². The maximum absolute atomic E-state index is 13.1. The van der Waals surface area contributed by atoms with Gasteiger partial charge in [0.15, 0.2) is 0 Å². The number of aromatic amines is 1. The van der Waals surface area contributed by atoms with Crippen LogP contribution in [0.1, 0.15) is 21.5 Å². The maximum atomic E-state index is 13.1. The fraction of sp³-hybridized carbons (Fsp3) is 0.0690. The summed E-state index contributed by atoms with van der Waals surface area (Å²) in [5.41, 5.74) is 7.36. The SMILES string of the molecule is O=C(NCc1ccccc1)c1cccc2ncn(Cc3ccc(-c4ccccc4-c4nn[nH]n4)cc3)c12. The zero-order chi connectivity index (χ0) is 25.0. The second kappa shape index (κ2) is 9.87. The fourth-order valence-corrected chi connectivity index (χ4v) is 4.50. The lowest BCUT2D eigenvalue weighted by molar-refractivity contribution is 0.0952. The molecule has 1 amide bonds. The van der Waals surface area contributed by atoms with Crippen molar-refractivity contribution in [2.75, 3.05) is 0 Å². The highest BCUT2D eigenvalue weighted by atomic mass is 16.1. The van der Waals surface area contributed by atoms with Crippen molar-refractivity contribution in [1.82, 2.24) is 35.5 Å². The number of carbonyl (C=O) groups is 1. The summed E-state index contributed by atoms with van der Waals surface area (Å²) < 4.78 is 2.02. The summed E-state index contributed by atoms with van der Waals surface area (Å²) >= 11 is 0. The highest BCUT2D eigenvalue weighted by molar-refractivity contribution is 6.05. The van der Waals surface area contributed by atoms with Gasteiger partial charge in [-0.25, -0.2) is 4.98 Å². The van der Waals surface area contributed by atoms with Gasteiger partial charge in [-0.2, -0.15) is 5.21 Å². The van der Waals surface area contributed by atoms with Crippen LogP contribution in [0.4, 0.5) is 0 Å².